The van der Waals surface area contributed by atoms with Gasteiger partial charge in [-0.2, -0.15) is 0 Å². The fourth-order valence-electron chi connectivity index (χ4n) is 5.18. The van der Waals surface area contributed by atoms with Crippen molar-refractivity contribution in [3.05, 3.63) is 64.3 Å². The zero-order chi connectivity index (χ0) is 28.8. The number of amides is 1. The van der Waals surface area contributed by atoms with E-state index in [0.29, 0.717) is 41.2 Å². The summed E-state index contributed by atoms with van der Waals surface area (Å²) in [5, 5.41) is 17.8. The van der Waals surface area contributed by atoms with Gasteiger partial charge in [0.2, 0.25) is 0 Å². The number of nitrogens with one attached hydrogen (secondary N) is 2. The van der Waals surface area contributed by atoms with Crippen molar-refractivity contribution in [2.24, 2.45) is 0 Å². The molecule has 5 rings (SSSR count). The summed E-state index contributed by atoms with van der Waals surface area (Å²) >= 11 is 6.66. The maximum atomic E-state index is 13.1. The number of ether oxygens (including phenoxy) is 1. The Kier molecular flexibility index (Phi) is 9.64. The van der Waals surface area contributed by atoms with Gasteiger partial charge in [-0.15, -0.1) is 0 Å². The van der Waals surface area contributed by atoms with Crippen molar-refractivity contribution < 1.29 is 19.1 Å². The van der Waals surface area contributed by atoms with Crippen LogP contribution in [0.2, 0.25) is 5.02 Å². The van der Waals surface area contributed by atoms with E-state index in [4.69, 9.17) is 25.7 Å². The molecule has 41 heavy (non-hydrogen) atoms. The van der Waals surface area contributed by atoms with E-state index in [-0.39, 0.29) is 19.1 Å². The van der Waals surface area contributed by atoms with Crippen LogP contribution in [0, 0.1) is 0 Å². The summed E-state index contributed by atoms with van der Waals surface area (Å²) in [5.41, 5.74) is 2.71. The second-order valence-corrected chi connectivity index (χ2v) is 11.3. The van der Waals surface area contributed by atoms with Gasteiger partial charge in [-0.25, -0.2) is 9.97 Å². The van der Waals surface area contributed by atoms with Gasteiger partial charge in [0.15, 0.2) is 12.2 Å². The Hall–Kier alpha value is -3.34. The van der Waals surface area contributed by atoms with E-state index in [1.54, 1.807) is 12.3 Å². The molecule has 2 aliphatic rings. The molecule has 0 saturated heterocycles. The number of pyridine rings is 1. The highest BCUT2D eigenvalue weighted by atomic mass is 35.5. The third-order valence-electron chi connectivity index (χ3n) is 7.68. The number of hydrogen-bond donors (Lipinski definition) is 3. The van der Waals surface area contributed by atoms with Gasteiger partial charge in [-0.05, 0) is 61.4 Å². The number of nitrogens with zero attached hydrogens (tertiary/aromatic N) is 4. The van der Waals surface area contributed by atoms with Crippen LogP contribution in [-0.2, 0) is 19.6 Å². The third kappa shape index (κ3) is 7.49. The first-order valence-electron chi connectivity index (χ1n) is 14.4. The number of fused-ring (bicyclic) bond motifs is 1. The Balaban J connectivity index is 1.14. The number of anilines is 2. The molecule has 11 heteroatoms. The zero-order valence-electron chi connectivity index (χ0n) is 23.7. The fourth-order valence-corrected chi connectivity index (χ4v) is 5.51. The Morgan fingerprint density at radius 2 is 2.20 bits per heavy atom. The second kappa shape index (κ2) is 13.5. The van der Waals surface area contributed by atoms with Gasteiger partial charge < -0.3 is 29.8 Å². The van der Waals surface area contributed by atoms with Crippen LogP contribution < -0.4 is 20.3 Å². The average molecular weight is 583 g/mol. The predicted molar refractivity (Wildman–Crippen MR) is 159 cm³/mol. The summed E-state index contributed by atoms with van der Waals surface area (Å²) in [7, 11) is 1.99. The molecule has 1 amide bonds. The first-order chi connectivity index (χ1) is 19.9. The molecule has 0 bridgehead atoms. The molecule has 1 saturated carbocycles. The molecule has 0 spiro atoms. The standard InChI is InChI=1S/C30H39ClN6O4/c1-3-10-36(2)28-13-21(12-27(35-28)34-22-5-4-6-22)30(39)33-14-23(38)17-37-11-9-25-20(16-37)7-8-26(29(25)31)40-18-24-15-32-19-41-24/h7-8,12-13,15,19,22-23,38H,3-6,9-11,14,16-18H2,1-2H3,(H,33,39)(H,34,35). The lowest BCUT2D eigenvalue weighted by molar-refractivity contribution is 0.0841. The lowest BCUT2D eigenvalue weighted by atomic mass is 9.93. The molecule has 2 aromatic heterocycles. The molecule has 3 heterocycles. The molecule has 1 atom stereocenters. The van der Waals surface area contributed by atoms with Crippen LogP contribution in [-0.4, -0.2) is 71.3 Å². The molecule has 3 aromatic rings. The molecule has 220 valence electrons. The summed E-state index contributed by atoms with van der Waals surface area (Å²) < 4.78 is 11.1. The molecule has 1 aliphatic heterocycles. The van der Waals surface area contributed by atoms with Gasteiger partial charge in [0.1, 0.15) is 24.0 Å². The topological polar surface area (TPSA) is 116 Å². The van der Waals surface area contributed by atoms with E-state index in [1.807, 2.05) is 25.2 Å². The lowest BCUT2D eigenvalue weighted by Gasteiger charge is -2.31. The van der Waals surface area contributed by atoms with E-state index in [0.717, 1.165) is 61.5 Å². The highest BCUT2D eigenvalue weighted by Crippen LogP contribution is 2.34. The van der Waals surface area contributed by atoms with E-state index < -0.39 is 6.10 Å². The number of oxazole rings is 1. The maximum absolute atomic E-state index is 13.1. The number of carbonyl (C=O) groups is 1. The van der Waals surface area contributed by atoms with E-state index >= 15 is 0 Å². The minimum Gasteiger partial charge on any atom is -0.484 e. The van der Waals surface area contributed by atoms with Gasteiger partial charge in [0.25, 0.3) is 5.91 Å². The molecule has 10 nitrogen and oxygen atoms in total. The Morgan fingerprint density at radius 3 is 2.93 bits per heavy atom. The van der Waals surface area contributed by atoms with E-state index in [2.05, 4.69) is 32.3 Å². The van der Waals surface area contributed by atoms with E-state index in [9.17, 15) is 9.90 Å². The van der Waals surface area contributed by atoms with Crippen molar-refractivity contribution in [3.8, 4) is 5.75 Å². The van der Waals surface area contributed by atoms with Crippen molar-refractivity contribution in [2.75, 3.05) is 43.4 Å². The van der Waals surface area contributed by atoms with Crippen molar-refractivity contribution in [1.29, 1.82) is 0 Å². The predicted octanol–water partition coefficient (Wildman–Crippen LogP) is 4.26. The quantitative estimate of drug-likeness (QED) is 0.272. The number of benzene rings is 1. The number of aliphatic hydroxyl groups is 1. The number of aromatic nitrogens is 2. The largest absolute Gasteiger partial charge is 0.484 e. The summed E-state index contributed by atoms with van der Waals surface area (Å²) in [5.74, 6) is 2.51. The zero-order valence-corrected chi connectivity index (χ0v) is 24.5. The van der Waals surface area contributed by atoms with Crippen LogP contribution in [0.4, 0.5) is 11.6 Å². The van der Waals surface area contributed by atoms with Crippen molar-refractivity contribution >= 4 is 29.1 Å². The minimum atomic E-state index is -0.711. The lowest BCUT2D eigenvalue weighted by Crippen LogP contribution is -2.42. The van der Waals surface area contributed by atoms with Crippen LogP contribution in [0.3, 0.4) is 0 Å². The molecular formula is C30H39ClN6O4. The molecule has 1 aliphatic carbocycles. The van der Waals surface area contributed by atoms with Crippen LogP contribution in [0.15, 0.2) is 41.3 Å². The van der Waals surface area contributed by atoms with Gasteiger partial charge >= 0.3 is 0 Å². The van der Waals surface area contributed by atoms with Gasteiger partial charge in [-0.1, -0.05) is 24.6 Å². The third-order valence-corrected chi connectivity index (χ3v) is 8.09. The fraction of sp³-hybridized carbons (Fsp3) is 0.500. The first kappa shape index (κ1) is 29.2. The van der Waals surface area contributed by atoms with Crippen LogP contribution >= 0.6 is 11.6 Å². The normalized spacial score (nSPS) is 16.0. The van der Waals surface area contributed by atoms with Gasteiger partial charge in [-0.3, -0.25) is 9.69 Å². The summed E-state index contributed by atoms with van der Waals surface area (Å²) in [6.07, 6.45) is 7.46. The first-order valence-corrected chi connectivity index (χ1v) is 14.8. The van der Waals surface area contributed by atoms with Crippen LogP contribution in [0.1, 0.15) is 59.9 Å². The number of hydrogen-bond acceptors (Lipinski definition) is 9. The van der Waals surface area contributed by atoms with Crippen LogP contribution in [0.5, 0.6) is 5.75 Å². The van der Waals surface area contributed by atoms with Crippen molar-refractivity contribution in [1.82, 2.24) is 20.2 Å². The smallest absolute Gasteiger partial charge is 0.251 e. The Morgan fingerprint density at radius 1 is 1.34 bits per heavy atom. The maximum Gasteiger partial charge on any atom is 0.251 e. The van der Waals surface area contributed by atoms with Gasteiger partial charge in [0.05, 0.1) is 17.3 Å². The molecule has 1 fully saturated rings. The minimum absolute atomic E-state index is 0.158. The van der Waals surface area contributed by atoms with Crippen LogP contribution in [0.25, 0.3) is 0 Å². The Bertz CT molecular complexity index is 1320. The second-order valence-electron chi connectivity index (χ2n) is 10.9. The highest BCUT2D eigenvalue weighted by molar-refractivity contribution is 6.33. The number of halogens is 1. The molecule has 3 N–H and O–H groups in total. The molecule has 1 unspecified atom stereocenters. The highest BCUT2D eigenvalue weighted by Gasteiger charge is 2.24. The van der Waals surface area contributed by atoms with Gasteiger partial charge in [0, 0.05) is 51.4 Å². The number of rotatable bonds is 13. The number of carbonyl (C=O) groups excluding carboxylic acids is 1. The van der Waals surface area contributed by atoms with Crippen molar-refractivity contribution in [3.63, 3.8) is 0 Å². The molecule has 1 aromatic carbocycles. The summed E-state index contributed by atoms with van der Waals surface area (Å²) in [4.78, 5) is 26.0. The Labute approximate surface area is 246 Å². The number of aliphatic hydroxyl groups excluding tert-OH is 1. The van der Waals surface area contributed by atoms with Crippen molar-refractivity contribution in [2.45, 2.75) is 64.3 Å². The van der Waals surface area contributed by atoms with E-state index in [1.165, 1.54) is 12.8 Å². The molecule has 0 radical (unpaired) electrons. The molecular weight excluding hydrogens is 544 g/mol. The summed E-state index contributed by atoms with van der Waals surface area (Å²) in [6.45, 7) is 5.23. The monoisotopic (exact) mass is 582 g/mol. The SMILES string of the molecule is CCCN(C)c1cc(C(=O)NCC(O)CN2CCc3c(ccc(OCc4cnco4)c3Cl)C2)cc(NC2CCC2)n1. The number of β-amino-alcohol motifs (C(OH)–C–C–N with tert-alkyl or cyclic N) is 1. The summed E-state index contributed by atoms with van der Waals surface area (Å²) in [6, 6.07) is 7.92. The average Bonchev–Trinajstić information content (AvgIpc) is 3.47.